The van der Waals surface area contributed by atoms with E-state index in [4.69, 9.17) is 14.5 Å². The normalized spacial score (nSPS) is 17.6. The van der Waals surface area contributed by atoms with Gasteiger partial charge in [0.05, 0.1) is 30.6 Å². The van der Waals surface area contributed by atoms with Crippen LogP contribution < -0.4 is 14.8 Å². The first-order valence-electron chi connectivity index (χ1n) is 13.6. The summed E-state index contributed by atoms with van der Waals surface area (Å²) in [6.45, 7) is 9.58. The highest BCUT2D eigenvalue weighted by Gasteiger charge is 2.19. The van der Waals surface area contributed by atoms with Gasteiger partial charge in [0.1, 0.15) is 0 Å². The maximum Gasteiger partial charge on any atom is 0.163 e. The van der Waals surface area contributed by atoms with Gasteiger partial charge in [0, 0.05) is 35.9 Å². The SMILES string of the molecule is COc1cc2c(NCC3CCN(C)CC3)cc(-c3ccc(C)[nH]3)nc2cc1OCCCN1CCCC1. The Labute approximate surface area is 215 Å². The maximum absolute atomic E-state index is 6.23. The molecule has 0 saturated carbocycles. The Kier molecular flexibility index (Phi) is 7.97. The van der Waals surface area contributed by atoms with E-state index in [9.17, 15) is 0 Å². The second-order valence-corrected chi connectivity index (χ2v) is 10.5. The molecule has 0 amide bonds. The van der Waals surface area contributed by atoms with Gasteiger partial charge >= 0.3 is 0 Å². The van der Waals surface area contributed by atoms with Crippen molar-refractivity contribution in [2.45, 2.75) is 39.0 Å². The Bertz CT molecular complexity index is 1150. The van der Waals surface area contributed by atoms with E-state index in [1.165, 1.54) is 51.9 Å². The van der Waals surface area contributed by atoms with Gasteiger partial charge in [-0.2, -0.15) is 0 Å². The van der Waals surface area contributed by atoms with Gasteiger partial charge in [-0.3, -0.25) is 0 Å². The molecular formula is C29H41N5O2. The fourth-order valence-corrected chi connectivity index (χ4v) is 5.44. The topological polar surface area (TPSA) is 65.6 Å². The van der Waals surface area contributed by atoms with Gasteiger partial charge < -0.3 is 29.6 Å². The molecule has 0 atom stereocenters. The van der Waals surface area contributed by atoms with Crippen LogP contribution in [0.5, 0.6) is 11.5 Å². The molecule has 0 radical (unpaired) electrons. The minimum absolute atomic E-state index is 0.676. The molecule has 0 aliphatic carbocycles. The fourth-order valence-electron chi connectivity index (χ4n) is 5.44. The van der Waals surface area contributed by atoms with E-state index in [1.54, 1.807) is 7.11 Å². The lowest BCUT2D eigenvalue weighted by molar-refractivity contribution is 0.226. The zero-order valence-electron chi connectivity index (χ0n) is 22.1. The van der Waals surface area contributed by atoms with Crippen molar-refractivity contribution in [1.29, 1.82) is 0 Å². The number of likely N-dealkylation sites (tertiary alicyclic amines) is 2. The fraction of sp³-hybridized carbons (Fsp3) is 0.552. The third-order valence-corrected chi connectivity index (χ3v) is 7.70. The second kappa shape index (κ2) is 11.5. The Morgan fingerprint density at radius 3 is 2.58 bits per heavy atom. The summed E-state index contributed by atoms with van der Waals surface area (Å²) in [5.41, 5.74) is 5.11. The number of aromatic amines is 1. The van der Waals surface area contributed by atoms with Gasteiger partial charge in [0.15, 0.2) is 11.5 Å². The van der Waals surface area contributed by atoms with Gasteiger partial charge in [0.2, 0.25) is 0 Å². The highest BCUT2D eigenvalue weighted by Crippen LogP contribution is 2.37. The number of ether oxygens (including phenoxy) is 2. The van der Waals surface area contributed by atoms with Crippen LogP contribution in [0.25, 0.3) is 22.3 Å². The predicted octanol–water partition coefficient (Wildman–Crippen LogP) is 5.17. The van der Waals surface area contributed by atoms with Crippen molar-refractivity contribution in [1.82, 2.24) is 19.8 Å². The number of aromatic nitrogens is 2. The molecule has 1 aromatic carbocycles. The van der Waals surface area contributed by atoms with Crippen LogP contribution in [-0.4, -0.2) is 79.8 Å². The molecule has 7 nitrogen and oxygen atoms in total. The number of nitrogens with zero attached hydrogens (tertiary/aromatic N) is 3. The Hall–Kier alpha value is -2.77. The molecule has 194 valence electrons. The van der Waals surface area contributed by atoms with Crippen LogP contribution in [-0.2, 0) is 0 Å². The van der Waals surface area contributed by atoms with Crippen LogP contribution in [0.3, 0.4) is 0 Å². The Morgan fingerprint density at radius 1 is 1.06 bits per heavy atom. The van der Waals surface area contributed by atoms with E-state index in [-0.39, 0.29) is 0 Å². The summed E-state index contributed by atoms with van der Waals surface area (Å²) in [4.78, 5) is 13.4. The largest absolute Gasteiger partial charge is 0.493 e. The van der Waals surface area contributed by atoms with E-state index in [2.05, 4.69) is 58.3 Å². The number of hydrogen-bond donors (Lipinski definition) is 2. The molecule has 2 N–H and O–H groups in total. The molecule has 0 bridgehead atoms. The minimum Gasteiger partial charge on any atom is -0.493 e. The number of rotatable bonds is 10. The van der Waals surface area contributed by atoms with Crippen LogP contribution in [0.1, 0.15) is 37.8 Å². The smallest absolute Gasteiger partial charge is 0.163 e. The lowest BCUT2D eigenvalue weighted by Gasteiger charge is -2.29. The summed E-state index contributed by atoms with van der Waals surface area (Å²) in [7, 11) is 3.93. The molecule has 0 unspecified atom stereocenters. The average molecular weight is 492 g/mol. The number of benzene rings is 1. The number of aryl methyl sites for hydroxylation is 1. The molecular weight excluding hydrogens is 450 g/mol. The van der Waals surface area contributed by atoms with Crippen molar-refractivity contribution in [3.05, 3.63) is 36.0 Å². The summed E-state index contributed by atoms with van der Waals surface area (Å²) in [5.74, 6) is 2.21. The zero-order chi connectivity index (χ0) is 24.9. The molecule has 2 aliphatic rings. The third-order valence-electron chi connectivity index (χ3n) is 7.70. The summed E-state index contributed by atoms with van der Waals surface area (Å²) in [6, 6.07) is 10.5. The van der Waals surface area contributed by atoms with Crippen molar-refractivity contribution >= 4 is 16.6 Å². The second-order valence-electron chi connectivity index (χ2n) is 10.5. The molecule has 0 spiro atoms. The van der Waals surface area contributed by atoms with Gasteiger partial charge in [-0.1, -0.05) is 0 Å². The molecule has 3 aromatic rings. The number of nitrogens with one attached hydrogen (secondary N) is 2. The van der Waals surface area contributed by atoms with Crippen LogP contribution in [0.2, 0.25) is 0 Å². The first-order chi connectivity index (χ1) is 17.6. The number of pyridine rings is 1. The van der Waals surface area contributed by atoms with Crippen molar-refractivity contribution in [2.24, 2.45) is 5.92 Å². The molecule has 2 aromatic heterocycles. The highest BCUT2D eigenvalue weighted by molar-refractivity contribution is 5.95. The van der Waals surface area contributed by atoms with Crippen LogP contribution in [0, 0.1) is 12.8 Å². The zero-order valence-corrected chi connectivity index (χ0v) is 22.1. The number of hydrogen-bond acceptors (Lipinski definition) is 6. The predicted molar refractivity (Wildman–Crippen MR) is 147 cm³/mol. The molecule has 4 heterocycles. The molecule has 5 rings (SSSR count). The lowest BCUT2D eigenvalue weighted by atomic mass is 9.97. The van der Waals surface area contributed by atoms with Crippen LogP contribution in [0.15, 0.2) is 30.3 Å². The number of anilines is 1. The van der Waals surface area contributed by atoms with E-state index in [0.717, 1.165) is 64.7 Å². The van der Waals surface area contributed by atoms with E-state index >= 15 is 0 Å². The van der Waals surface area contributed by atoms with Gasteiger partial charge in [0.25, 0.3) is 0 Å². The summed E-state index contributed by atoms with van der Waals surface area (Å²) in [6.07, 6.45) is 6.12. The summed E-state index contributed by atoms with van der Waals surface area (Å²) in [5, 5.41) is 4.84. The molecule has 7 heteroatoms. The Morgan fingerprint density at radius 2 is 1.86 bits per heavy atom. The Balaban J connectivity index is 1.39. The average Bonchev–Trinajstić information content (AvgIpc) is 3.57. The highest BCUT2D eigenvalue weighted by atomic mass is 16.5. The van der Waals surface area contributed by atoms with Crippen LogP contribution in [0.4, 0.5) is 5.69 Å². The quantitative estimate of drug-likeness (QED) is 0.382. The standard InChI is InChI=1S/C29H41N5O2/c1-21-7-8-24(31-21)27-18-25(30-20-22-9-14-33(2)15-10-22)23-17-28(35-3)29(19-26(23)32-27)36-16-6-13-34-11-4-5-12-34/h7-8,17-19,22,31H,4-6,9-16,20H2,1-3H3,(H,30,32). The molecule has 2 aliphatic heterocycles. The summed E-state index contributed by atoms with van der Waals surface area (Å²) >= 11 is 0. The van der Waals surface area contributed by atoms with Crippen molar-refractivity contribution < 1.29 is 9.47 Å². The van der Waals surface area contributed by atoms with E-state index in [1.807, 2.05) is 6.07 Å². The van der Waals surface area contributed by atoms with Gasteiger partial charge in [-0.15, -0.1) is 0 Å². The van der Waals surface area contributed by atoms with E-state index in [0.29, 0.717) is 12.5 Å². The number of piperidine rings is 1. The van der Waals surface area contributed by atoms with Gasteiger partial charge in [-0.25, -0.2) is 4.98 Å². The number of H-pyrrole nitrogens is 1. The first kappa shape index (κ1) is 24.9. The molecule has 36 heavy (non-hydrogen) atoms. The first-order valence-corrected chi connectivity index (χ1v) is 13.6. The molecule has 2 fully saturated rings. The molecule has 2 saturated heterocycles. The maximum atomic E-state index is 6.23. The monoisotopic (exact) mass is 491 g/mol. The van der Waals surface area contributed by atoms with Gasteiger partial charge in [-0.05, 0) is 102 Å². The van der Waals surface area contributed by atoms with Crippen LogP contribution >= 0.6 is 0 Å². The van der Waals surface area contributed by atoms with E-state index < -0.39 is 0 Å². The summed E-state index contributed by atoms with van der Waals surface area (Å²) < 4.78 is 12.0. The lowest BCUT2D eigenvalue weighted by Crippen LogP contribution is -2.32. The van der Waals surface area contributed by atoms with Crippen molar-refractivity contribution in [3.63, 3.8) is 0 Å². The third kappa shape index (κ3) is 5.95. The van der Waals surface area contributed by atoms with Crippen molar-refractivity contribution in [3.8, 4) is 22.9 Å². The number of fused-ring (bicyclic) bond motifs is 1. The minimum atomic E-state index is 0.676. The van der Waals surface area contributed by atoms with Crippen molar-refractivity contribution in [2.75, 3.05) is 65.3 Å². The number of methoxy groups -OCH3 is 1.